The van der Waals surface area contributed by atoms with E-state index in [0.29, 0.717) is 6.54 Å². The molecule has 0 amide bonds. The summed E-state index contributed by atoms with van der Waals surface area (Å²) in [6, 6.07) is 4.99. The van der Waals surface area contributed by atoms with Crippen molar-refractivity contribution in [3.8, 4) is 0 Å². The number of ether oxygens (including phenoxy) is 1. The predicted molar refractivity (Wildman–Crippen MR) is 66.5 cm³/mol. The van der Waals surface area contributed by atoms with Gasteiger partial charge in [0.2, 0.25) is 0 Å². The lowest BCUT2D eigenvalue weighted by atomic mass is 10.1. The van der Waals surface area contributed by atoms with E-state index in [1.54, 1.807) is 6.07 Å². The lowest BCUT2D eigenvalue weighted by molar-refractivity contribution is -0.00523. The van der Waals surface area contributed by atoms with Gasteiger partial charge in [0.1, 0.15) is 5.82 Å². The normalized spacial score (nSPS) is 25.1. The SMILES string of the molecule is C[C@@H]1CN(c2cc(F)cc(CN)c2)C[C@H](C)O1. The zero-order valence-electron chi connectivity index (χ0n) is 10.3. The van der Waals surface area contributed by atoms with Crippen LogP contribution in [0.15, 0.2) is 18.2 Å². The van der Waals surface area contributed by atoms with Gasteiger partial charge < -0.3 is 15.4 Å². The van der Waals surface area contributed by atoms with Gasteiger partial charge >= 0.3 is 0 Å². The second kappa shape index (κ2) is 5.02. The van der Waals surface area contributed by atoms with Crippen molar-refractivity contribution in [3.05, 3.63) is 29.6 Å². The molecule has 17 heavy (non-hydrogen) atoms. The predicted octanol–water partition coefficient (Wildman–Crippen LogP) is 1.90. The zero-order valence-corrected chi connectivity index (χ0v) is 10.3. The minimum atomic E-state index is -0.227. The van der Waals surface area contributed by atoms with Crippen molar-refractivity contribution in [2.24, 2.45) is 5.73 Å². The van der Waals surface area contributed by atoms with Gasteiger partial charge in [-0.3, -0.25) is 0 Å². The van der Waals surface area contributed by atoms with Gasteiger partial charge in [-0.1, -0.05) is 0 Å². The molecule has 0 unspecified atom stereocenters. The first-order valence-electron chi connectivity index (χ1n) is 5.98. The van der Waals surface area contributed by atoms with Crippen LogP contribution in [0.3, 0.4) is 0 Å². The van der Waals surface area contributed by atoms with Gasteiger partial charge in [-0.25, -0.2) is 4.39 Å². The van der Waals surface area contributed by atoms with E-state index in [9.17, 15) is 4.39 Å². The van der Waals surface area contributed by atoms with Crippen molar-refractivity contribution in [3.63, 3.8) is 0 Å². The Balaban J connectivity index is 2.23. The average Bonchev–Trinajstić information content (AvgIpc) is 2.26. The molecular formula is C13H19FN2O. The van der Waals surface area contributed by atoms with Gasteiger partial charge in [0.15, 0.2) is 0 Å². The van der Waals surface area contributed by atoms with Crippen LogP contribution in [0.25, 0.3) is 0 Å². The van der Waals surface area contributed by atoms with E-state index in [2.05, 4.69) is 4.90 Å². The van der Waals surface area contributed by atoms with Crippen LogP contribution < -0.4 is 10.6 Å². The molecule has 1 fully saturated rings. The third kappa shape index (κ3) is 2.96. The fourth-order valence-electron chi connectivity index (χ4n) is 2.32. The lowest BCUT2D eigenvalue weighted by Crippen LogP contribution is -2.45. The molecule has 0 spiro atoms. The van der Waals surface area contributed by atoms with Crippen molar-refractivity contribution in [1.82, 2.24) is 0 Å². The van der Waals surface area contributed by atoms with Gasteiger partial charge in [0.05, 0.1) is 12.2 Å². The molecule has 2 rings (SSSR count). The van der Waals surface area contributed by atoms with Crippen LogP contribution in [0.2, 0.25) is 0 Å². The van der Waals surface area contributed by atoms with Gasteiger partial charge in [-0.05, 0) is 37.6 Å². The first-order chi connectivity index (χ1) is 8.08. The molecule has 1 aliphatic heterocycles. The number of halogens is 1. The fourth-order valence-corrected chi connectivity index (χ4v) is 2.32. The summed E-state index contributed by atoms with van der Waals surface area (Å²) in [5.74, 6) is -0.227. The summed E-state index contributed by atoms with van der Waals surface area (Å²) in [7, 11) is 0. The highest BCUT2D eigenvalue weighted by molar-refractivity contribution is 5.49. The summed E-state index contributed by atoms with van der Waals surface area (Å²) < 4.78 is 19.1. The first-order valence-corrected chi connectivity index (χ1v) is 5.98. The number of morpholine rings is 1. The van der Waals surface area contributed by atoms with Crippen LogP contribution in [-0.2, 0) is 11.3 Å². The Morgan fingerprint density at radius 1 is 1.29 bits per heavy atom. The van der Waals surface area contributed by atoms with Crippen molar-refractivity contribution in [2.45, 2.75) is 32.6 Å². The minimum Gasteiger partial charge on any atom is -0.372 e. The fraction of sp³-hybridized carbons (Fsp3) is 0.538. The van der Waals surface area contributed by atoms with Crippen molar-refractivity contribution >= 4 is 5.69 Å². The molecule has 0 aliphatic carbocycles. The molecule has 0 bridgehead atoms. The molecule has 1 aromatic rings. The minimum absolute atomic E-state index is 0.170. The van der Waals surface area contributed by atoms with E-state index in [0.717, 1.165) is 24.3 Å². The number of rotatable bonds is 2. The van der Waals surface area contributed by atoms with E-state index < -0.39 is 0 Å². The summed E-state index contributed by atoms with van der Waals surface area (Å²) in [5.41, 5.74) is 7.28. The topological polar surface area (TPSA) is 38.5 Å². The summed E-state index contributed by atoms with van der Waals surface area (Å²) >= 11 is 0. The Bertz CT molecular complexity index is 387. The Kier molecular flexibility index (Phi) is 3.64. The van der Waals surface area contributed by atoms with E-state index >= 15 is 0 Å². The number of hydrogen-bond donors (Lipinski definition) is 1. The number of hydrogen-bond acceptors (Lipinski definition) is 3. The molecule has 94 valence electrons. The standard InChI is InChI=1S/C13H19FN2O/c1-9-7-16(8-10(2)17-9)13-4-11(6-15)3-12(14)5-13/h3-5,9-10H,6-8,15H2,1-2H3/t9-,10+. The monoisotopic (exact) mass is 238 g/mol. The Hall–Kier alpha value is -1.13. The average molecular weight is 238 g/mol. The van der Waals surface area contributed by atoms with Crippen LogP contribution in [-0.4, -0.2) is 25.3 Å². The molecule has 0 radical (unpaired) electrons. The summed E-state index contributed by atoms with van der Waals surface area (Å²) in [5, 5.41) is 0. The smallest absolute Gasteiger partial charge is 0.125 e. The van der Waals surface area contributed by atoms with Crippen LogP contribution >= 0.6 is 0 Å². The molecule has 2 N–H and O–H groups in total. The summed E-state index contributed by atoms with van der Waals surface area (Å²) in [6.07, 6.45) is 0.340. The molecule has 1 saturated heterocycles. The molecular weight excluding hydrogens is 219 g/mol. The van der Waals surface area contributed by atoms with Crippen LogP contribution in [0, 0.1) is 5.82 Å². The summed E-state index contributed by atoms with van der Waals surface area (Å²) in [4.78, 5) is 2.15. The molecule has 3 nitrogen and oxygen atoms in total. The quantitative estimate of drug-likeness (QED) is 0.855. The molecule has 0 saturated carbocycles. The first kappa shape index (κ1) is 12.3. The summed E-state index contributed by atoms with van der Waals surface area (Å²) in [6.45, 7) is 6.01. The molecule has 1 aliphatic rings. The Morgan fingerprint density at radius 2 is 1.94 bits per heavy atom. The van der Waals surface area contributed by atoms with Crippen molar-refractivity contribution in [1.29, 1.82) is 0 Å². The van der Waals surface area contributed by atoms with Gasteiger partial charge in [-0.15, -0.1) is 0 Å². The highest BCUT2D eigenvalue weighted by Crippen LogP contribution is 2.22. The van der Waals surface area contributed by atoms with Gasteiger partial charge in [0, 0.05) is 25.3 Å². The Labute approximate surface area is 101 Å². The largest absolute Gasteiger partial charge is 0.372 e. The highest BCUT2D eigenvalue weighted by atomic mass is 19.1. The van der Waals surface area contributed by atoms with Crippen molar-refractivity contribution in [2.75, 3.05) is 18.0 Å². The second-order valence-electron chi connectivity index (χ2n) is 4.68. The van der Waals surface area contributed by atoms with E-state index in [-0.39, 0.29) is 18.0 Å². The van der Waals surface area contributed by atoms with Gasteiger partial charge in [0.25, 0.3) is 0 Å². The molecule has 1 heterocycles. The molecule has 0 aromatic heterocycles. The number of benzene rings is 1. The van der Waals surface area contributed by atoms with Crippen LogP contribution in [0.5, 0.6) is 0 Å². The maximum atomic E-state index is 13.5. The van der Waals surface area contributed by atoms with E-state index in [1.807, 2.05) is 19.9 Å². The lowest BCUT2D eigenvalue weighted by Gasteiger charge is -2.37. The molecule has 4 heteroatoms. The maximum absolute atomic E-state index is 13.5. The second-order valence-corrected chi connectivity index (χ2v) is 4.68. The number of nitrogens with two attached hydrogens (primary N) is 1. The van der Waals surface area contributed by atoms with E-state index in [1.165, 1.54) is 6.07 Å². The molecule has 1 aromatic carbocycles. The maximum Gasteiger partial charge on any atom is 0.125 e. The highest BCUT2D eigenvalue weighted by Gasteiger charge is 2.22. The van der Waals surface area contributed by atoms with Crippen molar-refractivity contribution < 1.29 is 9.13 Å². The molecule has 2 atom stereocenters. The third-order valence-electron chi connectivity index (χ3n) is 2.96. The Morgan fingerprint density at radius 3 is 2.53 bits per heavy atom. The number of anilines is 1. The van der Waals surface area contributed by atoms with Crippen LogP contribution in [0.4, 0.5) is 10.1 Å². The number of nitrogens with zero attached hydrogens (tertiary/aromatic N) is 1. The van der Waals surface area contributed by atoms with Crippen LogP contribution in [0.1, 0.15) is 19.4 Å². The zero-order chi connectivity index (χ0) is 12.4. The third-order valence-corrected chi connectivity index (χ3v) is 2.96. The van der Waals surface area contributed by atoms with Gasteiger partial charge in [-0.2, -0.15) is 0 Å². The van der Waals surface area contributed by atoms with E-state index in [4.69, 9.17) is 10.5 Å².